The molecule has 2 rings (SSSR count). The standard InChI is InChI=1S/C16H21N3O2/c1-3-20-14-7-5-12(6-8-14)16(19-17)13-9-15(21-4-2)11-18-10-13/h5-11,16,19H,3-4,17H2,1-2H3. The Kier molecular flexibility index (Phi) is 5.54. The van der Waals surface area contributed by atoms with Crippen molar-refractivity contribution >= 4 is 0 Å². The molecule has 0 saturated heterocycles. The topological polar surface area (TPSA) is 69.4 Å². The zero-order chi connectivity index (χ0) is 15.1. The van der Waals surface area contributed by atoms with Crippen LogP contribution >= 0.6 is 0 Å². The van der Waals surface area contributed by atoms with E-state index in [1.807, 2.05) is 44.2 Å². The third kappa shape index (κ3) is 3.93. The van der Waals surface area contributed by atoms with Crippen LogP contribution in [0.1, 0.15) is 31.0 Å². The molecule has 5 nitrogen and oxygen atoms in total. The van der Waals surface area contributed by atoms with Gasteiger partial charge in [0.25, 0.3) is 0 Å². The summed E-state index contributed by atoms with van der Waals surface area (Å²) >= 11 is 0. The predicted molar refractivity (Wildman–Crippen MR) is 82.2 cm³/mol. The molecule has 1 atom stereocenters. The van der Waals surface area contributed by atoms with Crippen LogP contribution in [0.5, 0.6) is 11.5 Å². The van der Waals surface area contributed by atoms with Crippen LogP contribution in [0.2, 0.25) is 0 Å². The lowest BCUT2D eigenvalue weighted by molar-refractivity contribution is 0.338. The third-order valence-corrected chi connectivity index (χ3v) is 3.07. The number of nitrogens with one attached hydrogen (secondary N) is 1. The van der Waals surface area contributed by atoms with Crippen molar-refractivity contribution in [2.45, 2.75) is 19.9 Å². The molecule has 1 unspecified atom stereocenters. The normalized spacial score (nSPS) is 12.0. The van der Waals surface area contributed by atoms with Gasteiger partial charge < -0.3 is 9.47 Å². The smallest absolute Gasteiger partial charge is 0.137 e. The highest BCUT2D eigenvalue weighted by Crippen LogP contribution is 2.25. The van der Waals surface area contributed by atoms with E-state index in [4.69, 9.17) is 15.3 Å². The van der Waals surface area contributed by atoms with Crippen LogP contribution in [0.3, 0.4) is 0 Å². The van der Waals surface area contributed by atoms with E-state index in [9.17, 15) is 0 Å². The average molecular weight is 287 g/mol. The second-order valence-electron chi connectivity index (χ2n) is 4.49. The Bertz CT molecular complexity index is 558. The van der Waals surface area contributed by atoms with Gasteiger partial charge in [-0.1, -0.05) is 12.1 Å². The number of benzene rings is 1. The summed E-state index contributed by atoms with van der Waals surface area (Å²) in [6, 6.07) is 9.64. The van der Waals surface area contributed by atoms with Gasteiger partial charge in [0.15, 0.2) is 0 Å². The van der Waals surface area contributed by atoms with Crippen molar-refractivity contribution < 1.29 is 9.47 Å². The van der Waals surface area contributed by atoms with Gasteiger partial charge >= 0.3 is 0 Å². The SMILES string of the molecule is CCOc1ccc(C(NN)c2cncc(OCC)c2)cc1. The van der Waals surface area contributed by atoms with Gasteiger partial charge in [-0.25, -0.2) is 5.43 Å². The lowest BCUT2D eigenvalue weighted by atomic mass is 10.0. The molecule has 0 aliphatic heterocycles. The zero-order valence-corrected chi connectivity index (χ0v) is 12.4. The number of nitrogens with zero attached hydrogens (tertiary/aromatic N) is 1. The molecule has 2 aromatic rings. The number of hydrogen-bond acceptors (Lipinski definition) is 5. The molecule has 0 saturated carbocycles. The molecule has 0 fully saturated rings. The van der Waals surface area contributed by atoms with E-state index in [-0.39, 0.29) is 6.04 Å². The monoisotopic (exact) mass is 287 g/mol. The minimum Gasteiger partial charge on any atom is -0.494 e. The molecule has 1 aromatic carbocycles. The molecule has 112 valence electrons. The van der Waals surface area contributed by atoms with Crippen molar-refractivity contribution in [1.82, 2.24) is 10.4 Å². The molecular formula is C16H21N3O2. The van der Waals surface area contributed by atoms with Crippen molar-refractivity contribution in [2.75, 3.05) is 13.2 Å². The first-order chi connectivity index (χ1) is 10.3. The molecule has 0 bridgehead atoms. The fraction of sp³-hybridized carbons (Fsp3) is 0.312. The Labute approximate surface area is 125 Å². The van der Waals surface area contributed by atoms with Crippen LogP contribution in [0.25, 0.3) is 0 Å². The van der Waals surface area contributed by atoms with Crippen LogP contribution in [-0.4, -0.2) is 18.2 Å². The molecule has 3 N–H and O–H groups in total. The molecule has 1 heterocycles. The number of rotatable bonds is 7. The highest BCUT2D eigenvalue weighted by atomic mass is 16.5. The van der Waals surface area contributed by atoms with Crippen LogP contribution < -0.4 is 20.7 Å². The largest absolute Gasteiger partial charge is 0.494 e. The van der Waals surface area contributed by atoms with E-state index in [2.05, 4.69) is 10.4 Å². The number of hydrazine groups is 1. The van der Waals surface area contributed by atoms with E-state index in [0.717, 1.165) is 22.6 Å². The first-order valence-electron chi connectivity index (χ1n) is 7.05. The molecule has 21 heavy (non-hydrogen) atoms. The van der Waals surface area contributed by atoms with Gasteiger partial charge in [-0.05, 0) is 43.2 Å². The lowest BCUT2D eigenvalue weighted by Crippen LogP contribution is -2.28. The Morgan fingerprint density at radius 3 is 2.29 bits per heavy atom. The fourth-order valence-corrected chi connectivity index (χ4v) is 2.15. The molecule has 0 aliphatic rings. The van der Waals surface area contributed by atoms with Crippen molar-refractivity contribution in [2.24, 2.45) is 5.84 Å². The minimum atomic E-state index is -0.145. The molecule has 0 spiro atoms. The van der Waals surface area contributed by atoms with Crippen LogP contribution in [-0.2, 0) is 0 Å². The van der Waals surface area contributed by atoms with E-state index >= 15 is 0 Å². The third-order valence-electron chi connectivity index (χ3n) is 3.07. The summed E-state index contributed by atoms with van der Waals surface area (Å²) in [6.45, 7) is 5.16. The van der Waals surface area contributed by atoms with E-state index in [0.29, 0.717) is 13.2 Å². The summed E-state index contributed by atoms with van der Waals surface area (Å²) in [5.41, 5.74) is 4.81. The van der Waals surface area contributed by atoms with Crippen molar-refractivity contribution in [1.29, 1.82) is 0 Å². The number of ether oxygens (including phenoxy) is 2. The van der Waals surface area contributed by atoms with Crippen molar-refractivity contribution in [3.8, 4) is 11.5 Å². The Morgan fingerprint density at radius 1 is 1.00 bits per heavy atom. The van der Waals surface area contributed by atoms with Crippen molar-refractivity contribution in [3.05, 3.63) is 53.9 Å². The quantitative estimate of drug-likeness (QED) is 0.604. The molecule has 0 amide bonds. The fourth-order valence-electron chi connectivity index (χ4n) is 2.15. The molecule has 5 heteroatoms. The first kappa shape index (κ1) is 15.3. The zero-order valence-electron chi connectivity index (χ0n) is 12.4. The maximum atomic E-state index is 5.71. The first-order valence-corrected chi connectivity index (χ1v) is 7.05. The Balaban J connectivity index is 2.24. The van der Waals surface area contributed by atoms with Gasteiger partial charge in [0.05, 0.1) is 25.5 Å². The van der Waals surface area contributed by atoms with E-state index < -0.39 is 0 Å². The van der Waals surface area contributed by atoms with Crippen LogP contribution in [0.4, 0.5) is 0 Å². The highest BCUT2D eigenvalue weighted by molar-refractivity contribution is 5.36. The summed E-state index contributed by atoms with van der Waals surface area (Å²) in [5, 5.41) is 0. The van der Waals surface area contributed by atoms with Gasteiger partial charge in [0, 0.05) is 6.20 Å². The van der Waals surface area contributed by atoms with Crippen LogP contribution in [0.15, 0.2) is 42.7 Å². The summed E-state index contributed by atoms with van der Waals surface area (Å²) in [5.74, 6) is 7.29. The van der Waals surface area contributed by atoms with Crippen LogP contribution in [0, 0.1) is 0 Å². The lowest BCUT2D eigenvalue weighted by Gasteiger charge is -2.17. The number of hydrogen-bond donors (Lipinski definition) is 2. The number of pyridine rings is 1. The van der Waals surface area contributed by atoms with Gasteiger partial charge in [-0.2, -0.15) is 0 Å². The Morgan fingerprint density at radius 2 is 1.67 bits per heavy atom. The predicted octanol–water partition coefficient (Wildman–Crippen LogP) is 2.43. The number of nitrogens with two attached hydrogens (primary N) is 1. The number of aromatic nitrogens is 1. The van der Waals surface area contributed by atoms with Gasteiger partial charge in [-0.3, -0.25) is 10.8 Å². The molecule has 0 aliphatic carbocycles. The molecule has 1 aromatic heterocycles. The molecule has 0 radical (unpaired) electrons. The van der Waals surface area contributed by atoms with Gasteiger partial charge in [-0.15, -0.1) is 0 Å². The van der Waals surface area contributed by atoms with E-state index in [1.165, 1.54) is 0 Å². The Hall–Kier alpha value is -2.11. The van der Waals surface area contributed by atoms with E-state index in [1.54, 1.807) is 12.4 Å². The maximum Gasteiger partial charge on any atom is 0.137 e. The summed E-state index contributed by atoms with van der Waals surface area (Å²) in [4.78, 5) is 4.20. The van der Waals surface area contributed by atoms with Gasteiger partial charge in [0.2, 0.25) is 0 Å². The second-order valence-corrected chi connectivity index (χ2v) is 4.49. The van der Waals surface area contributed by atoms with Crippen molar-refractivity contribution in [3.63, 3.8) is 0 Å². The minimum absolute atomic E-state index is 0.145. The summed E-state index contributed by atoms with van der Waals surface area (Å²) in [6.07, 6.45) is 3.47. The average Bonchev–Trinajstić information content (AvgIpc) is 2.51. The maximum absolute atomic E-state index is 5.71. The highest BCUT2D eigenvalue weighted by Gasteiger charge is 2.13. The summed E-state index contributed by atoms with van der Waals surface area (Å²) in [7, 11) is 0. The second kappa shape index (κ2) is 7.61. The van der Waals surface area contributed by atoms with Gasteiger partial charge in [0.1, 0.15) is 11.5 Å². The summed E-state index contributed by atoms with van der Waals surface area (Å²) < 4.78 is 10.9. The molecular weight excluding hydrogens is 266 g/mol.